The summed E-state index contributed by atoms with van der Waals surface area (Å²) in [5.74, 6) is 0.765. The van der Waals surface area contributed by atoms with Gasteiger partial charge in [0, 0.05) is 17.5 Å². The Hall–Kier alpha value is -2.06. The van der Waals surface area contributed by atoms with Crippen LogP contribution in [0.5, 0.6) is 5.75 Å². The lowest BCUT2D eigenvalue weighted by Crippen LogP contribution is -3.00. The minimum atomic E-state index is -4.45. The van der Waals surface area contributed by atoms with Gasteiger partial charge in [-0.25, -0.2) is 0 Å². The lowest BCUT2D eigenvalue weighted by Gasteiger charge is -2.31. The summed E-state index contributed by atoms with van der Waals surface area (Å²) in [6, 6.07) is 12.7. The van der Waals surface area contributed by atoms with Crippen molar-refractivity contribution >= 4 is 5.71 Å². The molecule has 1 atom stereocenters. The predicted molar refractivity (Wildman–Crippen MR) is 107 cm³/mol. The Labute approximate surface area is 190 Å². The molecule has 31 heavy (non-hydrogen) atoms. The molecule has 1 unspecified atom stereocenters. The van der Waals surface area contributed by atoms with Crippen LogP contribution < -0.4 is 21.7 Å². The van der Waals surface area contributed by atoms with E-state index in [0.29, 0.717) is 13.2 Å². The van der Waals surface area contributed by atoms with Gasteiger partial charge in [-0.1, -0.05) is 12.1 Å². The summed E-state index contributed by atoms with van der Waals surface area (Å²) in [4.78, 5) is 0. The number of halogens is 4. The van der Waals surface area contributed by atoms with Gasteiger partial charge in [0.15, 0.2) is 6.54 Å². The largest absolute Gasteiger partial charge is 1.00 e. The highest BCUT2D eigenvalue weighted by atomic mass is 79.9. The van der Waals surface area contributed by atoms with Crippen molar-refractivity contribution in [1.82, 2.24) is 5.01 Å². The van der Waals surface area contributed by atoms with Gasteiger partial charge < -0.3 is 26.8 Å². The van der Waals surface area contributed by atoms with Gasteiger partial charge in [-0.15, -0.1) is 9.69 Å². The molecule has 4 nitrogen and oxygen atoms in total. The number of alkyl halides is 3. The number of aliphatic hydroxyl groups is 1. The van der Waals surface area contributed by atoms with Crippen LogP contribution in [0.4, 0.5) is 13.2 Å². The van der Waals surface area contributed by atoms with Gasteiger partial charge in [0.2, 0.25) is 11.4 Å². The van der Waals surface area contributed by atoms with E-state index < -0.39 is 17.5 Å². The Morgan fingerprint density at radius 2 is 1.84 bits per heavy atom. The molecule has 1 fully saturated rings. The van der Waals surface area contributed by atoms with Gasteiger partial charge in [0.25, 0.3) is 0 Å². The molecule has 2 aromatic rings. The zero-order chi connectivity index (χ0) is 21.4. The van der Waals surface area contributed by atoms with E-state index in [1.807, 2.05) is 36.2 Å². The molecule has 8 heteroatoms. The highest BCUT2D eigenvalue weighted by Crippen LogP contribution is 2.40. The number of benzene rings is 2. The van der Waals surface area contributed by atoms with Gasteiger partial charge in [-0.05, 0) is 56.2 Å². The minimum absolute atomic E-state index is 0. The van der Waals surface area contributed by atoms with Crippen LogP contribution in [-0.2, 0) is 11.9 Å². The average Bonchev–Trinajstić information content (AvgIpc) is 2.87. The van der Waals surface area contributed by atoms with Crippen LogP contribution in [0.15, 0.2) is 48.5 Å². The van der Waals surface area contributed by atoms with E-state index in [9.17, 15) is 18.3 Å². The van der Waals surface area contributed by atoms with E-state index in [2.05, 4.69) is 4.68 Å². The lowest BCUT2D eigenvalue weighted by molar-refractivity contribution is -0.706. The maximum atomic E-state index is 13.3. The van der Waals surface area contributed by atoms with E-state index in [0.717, 1.165) is 55.0 Å². The van der Waals surface area contributed by atoms with Crippen molar-refractivity contribution in [2.24, 2.45) is 0 Å². The first-order valence-electron chi connectivity index (χ1n) is 10.4. The summed E-state index contributed by atoms with van der Waals surface area (Å²) in [6.45, 7) is 3.81. The van der Waals surface area contributed by atoms with Crippen molar-refractivity contribution in [3.05, 3.63) is 65.2 Å². The summed E-state index contributed by atoms with van der Waals surface area (Å²) in [5, 5.41) is 13.6. The Kier molecular flexibility index (Phi) is 7.01. The second-order valence-electron chi connectivity index (χ2n) is 7.78. The number of hydrazine groups is 1. The number of hydrogen-bond donors (Lipinski definition) is 1. The van der Waals surface area contributed by atoms with Gasteiger partial charge in [-0.3, -0.25) is 0 Å². The number of fused-ring (bicyclic) bond motifs is 1. The third-order valence-electron chi connectivity index (χ3n) is 5.83. The molecule has 0 saturated carbocycles. The maximum absolute atomic E-state index is 13.3. The smallest absolute Gasteiger partial charge is 0.416 e. The lowest BCUT2D eigenvalue weighted by atomic mass is 9.93. The third kappa shape index (κ3) is 4.60. The molecule has 2 aliphatic rings. The maximum Gasteiger partial charge on any atom is 0.416 e. The van der Waals surface area contributed by atoms with Crippen molar-refractivity contribution < 1.29 is 44.7 Å². The van der Waals surface area contributed by atoms with E-state index in [4.69, 9.17) is 4.74 Å². The van der Waals surface area contributed by atoms with Crippen molar-refractivity contribution in [3.63, 3.8) is 0 Å². The van der Waals surface area contributed by atoms with E-state index >= 15 is 0 Å². The van der Waals surface area contributed by atoms with Crippen molar-refractivity contribution in [3.8, 4) is 5.75 Å². The number of hydrazone groups is 1. The average molecular weight is 499 g/mol. The molecule has 0 aliphatic carbocycles. The summed E-state index contributed by atoms with van der Waals surface area (Å²) in [5.41, 5.74) is -0.137. The van der Waals surface area contributed by atoms with Crippen LogP contribution in [0, 0.1) is 0 Å². The SMILES string of the molecule is CCOc1ccc(C2=[N+]3CCCCCN3C(O)(c3cccc(C(F)(F)F)c3)C2)cc1.[Br-]. The standard InChI is InChI=1S/C23H26F3N2O2.BrH/c1-2-30-20-11-9-17(10-12-20)21-16-22(29,28-14-5-3-4-13-27(21)28)18-7-6-8-19(15-18)23(24,25)26;/h6-12,15,29H,2-5,13-14,16H2,1H3;1H/q+1;/p-1. The molecule has 1 saturated heterocycles. The predicted octanol–water partition coefficient (Wildman–Crippen LogP) is 1.56. The molecule has 0 bridgehead atoms. The summed E-state index contributed by atoms with van der Waals surface area (Å²) in [7, 11) is 0. The zero-order valence-electron chi connectivity index (χ0n) is 17.3. The molecule has 0 aromatic heterocycles. The molecule has 168 valence electrons. The summed E-state index contributed by atoms with van der Waals surface area (Å²) >= 11 is 0. The van der Waals surface area contributed by atoms with Crippen molar-refractivity contribution in [1.29, 1.82) is 0 Å². The quantitative estimate of drug-likeness (QED) is 0.649. The normalized spacial score (nSPS) is 21.4. The number of nitrogens with zero attached hydrogens (tertiary/aromatic N) is 2. The van der Waals surface area contributed by atoms with Crippen LogP contribution in [0.3, 0.4) is 0 Å². The van der Waals surface area contributed by atoms with Gasteiger partial charge in [0.05, 0.1) is 25.1 Å². The first-order valence-corrected chi connectivity index (χ1v) is 10.4. The second-order valence-corrected chi connectivity index (χ2v) is 7.78. The highest BCUT2D eigenvalue weighted by molar-refractivity contribution is 5.98. The van der Waals surface area contributed by atoms with Crippen LogP contribution in [0.25, 0.3) is 0 Å². The molecule has 0 spiro atoms. The zero-order valence-corrected chi connectivity index (χ0v) is 18.9. The van der Waals surface area contributed by atoms with E-state index in [-0.39, 0.29) is 29.0 Å². The van der Waals surface area contributed by atoms with E-state index in [1.54, 1.807) is 6.07 Å². The monoisotopic (exact) mass is 498 g/mol. The fourth-order valence-corrected chi connectivity index (χ4v) is 4.38. The number of rotatable bonds is 4. The molecule has 2 aromatic carbocycles. The molecule has 0 amide bonds. The fraction of sp³-hybridized carbons (Fsp3) is 0.435. The van der Waals surface area contributed by atoms with E-state index in [1.165, 1.54) is 6.07 Å². The molecule has 1 N–H and O–H groups in total. The van der Waals surface area contributed by atoms with Gasteiger partial charge in [-0.2, -0.15) is 13.2 Å². The Morgan fingerprint density at radius 1 is 1.10 bits per heavy atom. The molecule has 4 rings (SSSR count). The third-order valence-corrected chi connectivity index (χ3v) is 5.83. The number of hydrogen-bond acceptors (Lipinski definition) is 3. The Balaban J connectivity index is 0.00000272. The molecular weight excluding hydrogens is 473 g/mol. The molecular formula is C23H26BrF3N2O2. The van der Waals surface area contributed by atoms with Gasteiger partial charge >= 0.3 is 6.18 Å². The fourth-order valence-electron chi connectivity index (χ4n) is 4.38. The molecule has 0 radical (unpaired) electrons. The van der Waals surface area contributed by atoms with Crippen LogP contribution in [-0.4, -0.2) is 40.2 Å². The van der Waals surface area contributed by atoms with Crippen molar-refractivity contribution in [2.75, 3.05) is 19.7 Å². The topological polar surface area (TPSA) is 35.7 Å². The summed E-state index contributed by atoms with van der Waals surface area (Å²) < 4.78 is 47.5. The van der Waals surface area contributed by atoms with Gasteiger partial charge in [0.1, 0.15) is 5.75 Å². The van der Waals surface area contributed by atoms with Crippen LogP contribution in [0.1, 0.15) is 49.3 Å². The summed E-state index contributed by atoms with van der Waals surface area (Å²) in [6.07, 6.45) is -1.36. The minimum Gasteiger partial charge on any atom is -1.00 e. The first kappa shape index (κ1) is 23.6. The molecule has 2 aliphatic heterocycles. The van der Waals surface area contributed by atoms with Crippen molar-refractivity contribution in [2.45, 2.75) is 44.5 Å². The Bertz CT molecular complexity index is 947. The number of ether oxygens (including phenoxy) is 1. The first-order chi connectivity index (χ1) is 14.3. The second kappa shape index (κ2) is 9.20. The van der Waals surface area contributed by atoms with Crippen LogP contribution in [0.2, 0.25) is 0 Å². The molecule has 2 heterocycles. The van der Waals surface area contributed by atoms with Crippen LogP contribution >= 0.6 is 0 Å². The highest BCUT2D eigenvalue weighted by Gasteiger charge is 2.53. The Morgan fingerprint density at radius 3 is 2.52 bits per heavy atom.